The highest BCUT2D eigenvalue weighted by Gasteiger charge is 2.34. The van der Waals surface area contributed by atoms with Gasteiger partial charge in [-0.3, -0.25) is 25.2 Å². The molecule has 0 aromatic heterocycles. The van der Waals surface area contributed by atoms with Crippen LogP contribution >= 0.6 is 0 Å². The van der Waals surface area contributed by atoms with Crippen molar-refractivity contribution >= 4 is 17.8 Å². The minimum atomic E-state index is -1.01. The van der Waals surface area contributed by atoms with Crippen molar-refractivity contribution in [3.63, 3.8) is 0 Å². The van der Waals surface area contributed by atoms with Crippen LogP contribution in [0.2, 0.25) is 0 Å². The van der Waals surface area contributed by atoms with E-state index in [-0.39, 0.29) is 6.10 Å². The molecule has 0 spiro atoms. The van der Waals surface area contributed by atoms with Crippen LogP contribution in [0.4, 0.5) is 0 Å². The minimum Gasteiger partial charge on any atom is -0.490 e. The number of rotatable bonds is 5. The Morgan fingerprint density at radius 1 is 0.926 bits per heavy atom. The highest BCUT2D eigenvalue weighted by Crippen LogP contribution is 2.26. The van der Waals surface area contributed by atoms with Crippen molar-refractivity contribution in [2.75, 3.05) is 0 Å². The van der Waals surface area contributed by atoms with Crippen LogP contribution in [-0.2, 0) is 9.59 Å². The van der Waals surface area contributed by atoms with Gasteiger partial charge in [0.15, 0.2) is 0 Å². The van der Waals surface area contributed by atoms with Crippen LogP contribution in [0, 0.1) is 11.8 Å². The summed E-state index contributed by atoms with van der Waals surface area (Å²) in [5, 5.41) is 9.23. The number of allylic oxidation sites excluding steroid dienone is 2. The molecule has 7 heteroatoms. The van der Waals surface area contributed by atoms with Gasteiger partial charge >= 0.3 is 5.97 Å². The van der Waals surface area contributed by atoms with Gasteiger partial charge in [0.05, 0.1) is 17.9 Å². The maximum Gasteiger partial charge on any atom is 0.307 e. The summed E-state index contributed by atoms with van der Waals surface area (Å²) >= 11 is 0. The second kappa shape index (κ2) is 8.70. The Bertz CT molecular complexity index is 722. The molecule has 0 radical (unpaired) electrons. The van der Waals surface area contributed by atoms with Gasteiger partial charge in [-0.2, -0.15) is 0 Å². The van der Waals surface area contributed by atoms with E-state index in [1.807, 2.05) is 0 Å². The van der Waals surface area contributed by atoms with Crippen LogP contribution in [0.5, 0.6) is 5.75 Å². The zero-order valence-corrected chi connectivity index (χ0v) is 15.0. The van der Waals surface area contributed by atoms with Gasteiger partial charge < -0.3 is 9.84 Å². The average molecular weight is 372 g/mol. The van der Waals surface area contributed by atoms with E-state index in [1.54, 1.807) is 36.4 Å². The van der Waals surface area contributed by atoms with E-state index in [1.165, 1.54) is 12.8 Å². The van der Waals surface area contributed by atoms with Crippen LogP contribution in [0.15, 0.2) is 36.4 Å². The lowest BCUT2D eigenvalue weighted by atomic mass is 9.82. The Morgan fingerprint density at radius 2 is 1.56 bits per heavy atom. The molecule has 1 aromatic rings. The van der Waals surface area contributed by atoms with E-state index in [4.69, 9.17) is 4.74 Å². The van der Waals surface area contributed by atoms with Crippen molar-refractivity contribution < 1.29 is 24.2 Å². The number of hydrazine groups is 1. The van der Waals surface area contributed by atoms with Crippen molar-refractivity contribution in [2.24, 2.45) is 11.8 Å². The van der Waals surface area contributed by atoms with Crippen LogP contribution in [0.3, 0.4) is 0 Å². The molecule has 2 atom stereocenters. The van der Waals surface area contributed by atoms with Crippen LogP contribution in [0.25, 0.3) is 0 Å². The topological polar surface area (TPSA) is 105 Å². The van der Waals surface area contributed by atoms with Gasteiger partial charge in [-0.05, 0) is 62.8 Å². The van der Waals surface area contributed by atoms with Gasteiger partial charge in [-0.1, -0.05) is 12.2 Å². The zero-order valence-electron chi connectivity index (χ0n) is 15.0. The third kappa shape index (κ3) is 4.87. The number of carbonyl (C=O) groups is 3. The lowest BCUT2D eigenvalue weighted by Gasteiger charge is -2.24. The molecule has 2 aliphatic rings. The van der Waals surface area contributed by atoms with E-state index in [2.05, 4.69) is 10.9 Å². The summed E-state index contributed by atoms with van der Waals surface area (Å²) in [6, 6.07) is 6.74. The third-order valence-electron chi connectivity index (χ3n) is 5.11. The lowest BCUT2D eigenvalue weighted by molar-refractivity contribution is -0.147. The summed E-state index contributed by atoms with van der Waals surface area (Å²) in [7, 11) is 0. The van der Waals surface area contributed by atoms with Crippen LogP contribution < -0.4 is 15.6 Å². The summed E-state index contributed by atoms with van der Waals surface area (Å²) in [4.78, 5) is 35.7. The fourth-order valence-corrected chi connectivity index (χ4v) is 3.54. The van der Waals surface area contributed by atoms with Crippen molar-refractivity contribution in [2.45, 2.75) is 44.6 Å². The predicted molar refractivity (Wildman–Crippen MR) is 97.9 cm³/mol. The molecule has 1 saturated carbocycles. The predicted octanol–water partition coefficient (Wildman–Crippen LogP) is 2.44. The molecule has 7 nitrogen and oxygen atoms in total. The maximum atomic E-state index is 12.3. The molecule has 0 bridgehead atoms. The second-order valence-corrected chi connectivity index (χ2v) is 6.99. The molecule has 3 rings (SSSR count). The molecule has 27 heavy (non-hydrogen) atoms. The first kappa shape index (κ1) is 18.9. The molecule has 1 aromatic carbocycles. The van der Waals surface area contributed by atoms with Crippen molar-refractivity contribution in [3.8, 4) is 5.75 Å². The smallest absolute Gasteiger partial charge is 0.307 e. The largest absolute Gasteiger partial charge is 0.490 e. The van der Waals surface area contributed by atoms with Gasteiger partial charge in [0, 0.05) is 5.56 Å². The second-order valence-electron chi connectivity index (χ2n) is 6.99. The molecule has 3 N–H and O–H groups in total. The third-order valence-corrected chi connectivity index (χ3v) is 5.11. The molecule has 0 heterocycles. The molecule has 2 aliphatic carbocycles. The number of hydrogen-bond donors (Lipinski definition) is 3. The number of amides is 2. The van der Waals surface area contributed by atoms with E-state index in [9.17, 15) is 19.5 Å². The van der Waals surface area contributed by atoms with Crippen LogP contribution in [-0.4, -0.2) is 29.0 Å². The maximum absolute atomic E-state index is 12.3. The standard InChI is InChI=1S/C20H24N2O5/c23-18(13-9-11-15(12-10-13)27-14-5-1-2-6-14)21-22-19(24)16-7-3-4-8-17(16)20(25)26/h3-4,9-12,14,16-17H,1-2,5-8H2,(H,21,23)(H,22,24)(H,25,26)/t16-,17+/m1/s1. The Labute approximate surface area is 157 Å². The number of benzene rings is 1. The van der Waals surface area contributed by atoms with Gasteiger partial charge in [-0.25, -0.2) is 0 Å². The lowest BCUT2D eigenvalue weighted by Crippen LogP contribution is -2.47. The van der Waals surface area contributed by atoms with E-state index < -0.39 is 29.6 Å². The Morgan fingerprint density at radius 3 is 2.19 bits per heavy atom. The Kier molecular flexibility index (Phi) is 6.11. The zero-order chi connectivity index (χ0) is 19.2. The highest BCUT2D eigenvalue weighted by atomic mass is 16.5. The molecule has 0 saturated heterocycles. The normalized spacial score (nSPS) is 22.2. The molecule has 1 fully saturated rings. The van der Waals surface area contributed by atoms with Gasteiger partial charge in [0.1, 0.15) is 5.75 Å². The first-order valence-corrected chi connectivity index (χ1v) is 9.29. The van der Waals surface area contributed by atoms with Crippen LogP contribution in [0.1, 0.15) is 48.9 Å². The monoisotopic (exact) mass is 372 g/mol. The molecule has 2 amide bonds. The van der Waals surface area contributed by atoms with E-state index in [0.717, 1.165) is 18.6 Å². The first-order valence-electron chi connectivity index (χ1n) is 9.29. The summed E-state index contributed by atoms with van der Waals surface area (Å²) in [5.74, 6) is -2.73. The number of carbonyl (C=O) groups excluding carboxylic acids is 2. The van der Waals surface area contributed by atoms with Crippen molar-refractivity contribution in [3.05, 3.63) is 42.0 Å². The fourth-order valence-electron chi connectivity index (χ4n) is 3.54. The summed E-state index contributed by atoms with van der Waals surface area (Å²) in [5.41, 5.74) is 5.08. The Balaban J connectivity index is 1.51. The number of ether oxygens (including phenoxy) is 1. The van der Waals surface area contributed by atoms with Crippen molar-refractivity contribution in [1.29, 1.82) is 0 Å². The molecular formula is C20H24N2O5. The van der Waals surface area contributed by atoms with Crippen molar-refractivity contribution in [1.82, 2.24) is 10.9 Å². The van der Waals surface area contributed by atoms with Gasteiger partial charge in [0.25, 0.3) is 5.91 Å². The number of nitrogens with one attached hydrogen (secondary N) is 2. The van der Waals surface area contributed by atoms with Gasteiger partial charge in [-0.15, -0.1) is 0 Å². The molecular weight excluding hydrogens is 348 g/mol. The summed E-state index contributed by atoms with van der Waals surface area (Å²) in [6.45, 7) is 0. The summed E-state index contributed by atoms with van der Waals surface area (Å²) in [6.07, 6.45) is 8.93. The number of hydrogen-bond acceptors (Lipinski definition) is 4. The average Bonchev–Trinajstić information content (AvgIpc) is 3.19. The SMILES string of the molecule is O=C(NNC(=O)[C@@H]1CC=CC[C@@H]1C(=O)O)c1ccc(OC2CCCC2)cc1. The minimum absolute atomic E-state index is 0.246. The number of carboxylic acid groups (broad SMARTS) is 1. The number of carboxylic acids is 1. The Hall–Kier alpha value is -2.83. The molecule has 0 aliphatic heterocycles. The summed E-state index contributed by atoms with van der Waals surface area (Å²) < 4.78 is 5.86. The fraction of sp³-hybridized carbons (Fsp3) is 0.450. The van der Waals surface area contributed by atoms with E-state index in [0.29, 0.717) is 18.4 Å². The molecule has 0 unspecified atom stereocenters. The molecule has 144 valence electrons. The number of aliphatic carboxylic acids is 1. The quantitative estimate of drug-likeness (QED) is 0.544. The van der Waals surface area contributed by atoms with E-state index >= 15 is 0 Å². The van der Waals surface area contributed by atoms with Gasteiger partial charge in [0.2, 0.25) is 5.91 Å². The highest BCUT2D eigenvalue weighted by molar-refractivity contribution is 5.96. The first-order chi connectivity index (χ1) is 13.0.